The maximum atomic E-state index is 11.6. The lowest BCUT2D eigenvalue weighted by Gasteiger charge is -2.19. The van der Waals surface area contributed by atoms with Crippen molar-refractivity contribution in [3.05, 3.63) is 24.3 Å². The van der Waals surface area contributed by atoms with Crippen LogP contribution < -0.4 is 0 Å². The molecule has 0 aromatic rings. The van der Waals surface area contributed by atoms with Gasteiger partial charge in [0.2, 0.25) is 0 Å². The van der Waals surface area contributed by atoms with Crippen LogP contribution in [0.15, 0.2) is 24.3 Å². The van der Waals surface area contributed by atoms with Gasteiger partial charge in [0.15, 0.2) is 0 Å². The van der Waals surface area contributed by atoms with Crippen molar-refractivity contribution < 1.29 is 19.7 Å². The van der Waals surface area contributed by atoms with Crippen molar-refractivity contribution in [2.75, 3.05) is 0 Å². The molecule has 2 aliphatic rings. The molecule has 0 aromatic carbocycles. The molecule has 0 bridgehead atoms. The summed E-state index contributed by atoms with van der Waals surface area (Å²) in [7, 11) is 0. The third kappa shape index (κ3) is 4.18. The molecule has 4 nitrogen and oxygen atoms in total. The minimum absolute atomic E-state index is 0.0246. The Hall–Kier alpha value is -1.13. The molecule has 1 aliphatic heterocycles. The van der Waals surface area contributed by atoms with Crippen LogP contribution in [0.3, 0.4) is 0 Å². The van der Waals surface area contributed by atoms with Crippen molar-refractivity contribution in [3.8, 4) is 0 Å². The van der Waals surface area contributed by atoms with Gasteiger partial charge in [-0.3, -0.25) is 0 Å². The van der Waals surface area contributed by atoms with Crippen LogP contribution in [0.25, 0.3) is 0 Å². The van der Waals surface area contributed by atoms with Gasteiger partial charge in [0.25, 0.3) is 0 Å². The summed E-state index contributed by atoms with van der Waals surface area (Å²) in [6.45, 7) is 1.89. The van der Waals surface area contributed by atoms with Gasteiger partial charge < -0.3 is 14.9 Å². The molecule has 5 atom stereocenters. The second-order valence-corrected chi connectivity index (χ2v) is 5.91. The van der Waals surface area contributed by atoms with E-state index in [4.69, 9.17) is 4.74 Å². The molecule has 112 valence electrons. The number of aliphatic hydroxyl groups is 2. The lowest BCUT2D eigenvalue weighted by atomic mass is 9.90. The number of allylic oxidation sites excluding steroid dienone is 2. The predicted molar refractivity (Wildman–Crippen MR) is 75.9 cm³/mol. The van der Waals surface area contributed by atoms with E-state index in [0.29, 0.717) is 12.8 Å². The highest BCUT2D eigenvalue weighted by atomic mass is 16.5. The first kappa shape index (κ1) is 15.3. The lowest BCUT2D eigenvalue weighted by Crippen LogP contribution is -2.21. The van der Waals surface area contributed by atoms with Gasteiger partial charge in [-0.1, -0.05) is 12.2 Å². The van der Waals surface area contributed by atoms with Crippen molar-refractivity contribution in [1.82, 2.24) is 0 Å². The smallest absolute Gasteiger partial charge is 0.330 e. The summed E-state index contributed by atoms with van der Waals surface area (Å²) in [6.07, 6.45) is 9.87. The van der Waals surface area contributed by atoms with Gasteiger partial charge in [0, 0.05) is 6.08 Å². The van der Waals surface area contributed by atoms with Gasteiger partial charge in [0.05, 0.1) is 18.3 Å². The van der Waals surface area contributed by atoms with Crippen molar-refractivity contribution in [3.63, 3.8) is 0 Å². The molecule has 1 aliphatic carbocycles. The maximum absolute atomic E-state index is 11.6. The molecule has 0 radical (unpaired) electrons. The molecule has 2 N–H and O–H groups in total. The van der Waals surface area contributed by atoms with Gasteiger partial charge in [0.1, 0.15) is 0 Å². The number of fused-ring (bicyclic) bond motifs is 1. The third-order valence-corrected chi connectivity index (χ3v) is 4.19. The Balaban J connectivity index is 2.11. The van der Waals surface area contributed by atoms with Crippen LogP contribution >= 0.6 is 0 Å². The first-order valence-corrected chi connectivity index (χ1v) is 7.48. The molecule has 1 heterocycles. The van der Waals surface area contributed by atoms with Crippen LogP contribution in [0, 0.1) is 11.8 Å². The Kier molecular flexibility index (Phi) is 5.38. The third-order valence-electron chi connectivity index (χ3n) is 4.19. The predicted octanol–water partition coefficient (Wildman–Crippen LogP) is 1.96. The highest BCUT2D eigenvalue weighted by molar-refractivity contribution is 5.82. The quantitative estimate of drug-likeness (QED) is 0.526. The van der Waals surface area contributed by atoms with Crippen LogP contribution in [0.4, 0.5) is 0 Å². The van der Waals surface area contributed by atoms with Gasteiger partial charge in [-0.05, 0) is 56.9 Å². The molecular weight excluding hydrogens is 256 g/mol. The molecule has 0 aromatic heterocycles. The molecule has 0 saturated heterocycles. The summed E-state index contributed by atoms with van der Waals surface area (Å²) in [6, 6.07) is 0. The summed E-state index contributed by atoms with van der Waals surface area (Å²) in [5.41, 5.74) is 0. The molecule has 2 rings (SSSR count). The molecule has 3 unspecified atom stereocenters. The van der Waals surface area contributed by atoms with Gasteiger partial charge in [-0.15, -0.1) is 0 Å². The first-order chi connectivity index (χ1) is 9.56. The fourth-order valence-corrected chi connectivity index (χ4v) is 3.10. The Morgan fingerprint density at radius 1 is 1.25 bits per heavy atom. The number of carbonyl (C=O) groups excluding carboxylic acids is 1. The maximum Gasteiger partial charge on any atom is 0.330 e. The molecule has 0 amide bonds. The Bertz CT molecular complexity index is 388. The summed E-state index contributed by atoms with van der Waals surface area (Å²) >= 11 is 0. The monoisotopic (exact) mass is 280 g/mol. The van der Waals surface area contributed by atoms with Crippen LogP contribution in [-0.4, -0.2) is 34.5 Å². The van der Waals surface area contributed by atoms with E-state index in [-0.39, 0.29) is 24.0 Å². The number of aliphatic hydroxyl groups excluding tert-OH is 2. The van der Waals surface area contributed by atoms with E-state index in [1.165, 1.54) is 12.2 Å². The molecular formula is C16H24O4. The van der Waals surface area contributed by atoms with Crippen molar-refractivity contribution >= 4 is 5.97 Å². The Morgan fingerprint density at radius 2 is 2.05 bits per heavy atom. The zero-order valence-electron chi connectivity index (χ0n) is 11.9. The number of cyclic esters (lactones) is 1. The lowest BCUT2D eigenvalue weighted by molar-refractivity contribution is -0.142. The average molecular weight is 280 g/mol. The normalized spacial score (nSPS) is 39.4. The molecule has 1 saturated carbocycles. The van der Waals surface area contributed by atoms with Crippen LogP contribution in [0.2, 0.25) is 0 Å². The van der Waals surface area contributed by atoms with E-state index in [1.807, 2.05) is 6.92 Å². The second-order valence-electron chi connectivity index (χ2n) is 5.91. The number of rotatable bonds is 0. The van der Waals surface area contributed by atoms with Crippen molar-refractivity contribution in [2.24, 2.45) is 11.8 Å². The van der Waals surface area contributed by atoms with Gasteiger partial charge in [-0.2, -0.15) is 0 Å². The standard InChI is InChI=1S/C16H24O4/c1-11-5-3-2-4-6-12-9-13(17)10-14(12)15(18)7-8-16(19)20-11/h4,6-8,11-15,17-18H,2-3,5,9-10H2,1H3/t11-,12+,13?,14?,15?/m0/s1. The zero-order valence-corrected chi connectivity index (χ0v) is 11.9. The summed E-state index contributed by atoms with van der Waals surface area (Å²) < 4.78 is 5.23. The van der Waals surface area contributed by atoms with E-state index in [2.05, 4.69) is 12.2 Å². The summed E-state index contributed by atoms with van der Waals surface area (Å²) in [5, 5.41) is 20.0. The first-order valence-electron chi connectivity index (χ1n) is 7.48. The largest absolute Gasteiger partial charge is 0.460 e. The second kappa shape index (κ2) is 7.04. The molecule has 4 heteroatoms. The average Bonchev–Trinajstić information content (AvgIpc) is 2.76. The topological polar surface area (TPSA) is 66.8 Å². The van der Waals surface area contributed by atoms with E-state index in [9.17, 15) is 15.0 Å². The van der Waals surface area contributed by atoms with Gasteiger partial charge >= 0.3 is 5.97 Å². The number of hydrogen-bond donors (Lipinski definition) is 2. The number of hydrogen-bond acceptors (Lipinski definition) is 4. The number of carbonyl (C=O) groups is 1. The minimum Gasteiger partial charge on any atom is -0.460 e. The summed E-state index contributed by atoms with van der Waals surface area (Å²) in [5.74, 6) is -0.249. The van der Waals surface area contributed by atoms with Crippen molar-refractivity contribution in [1.29, 1.82) is 0 Å². The minimum atomic E-state index is -0.717. The highest BCUT2D eigenvalue weighted by Crippen LogP contribution is 2.36. The fourth-order valence-electron chi connectivity index (χ4n) is 3.10. The number of esters is 1. The molecule has 1 fully saturated rings. The Labute approximate surface area is 120 Å². The van der Waals surface area contributed by atoms with E-state index < -0.39 is 12.1 Å². The van der Waals surface area contributed by atoms with Crippen LogP contribution in [0.5, 0.6) is 0 Å². The van der Waals surface area contributed by atoms with E-state index in [0.717, 1.165) is 19.3 Å². The van der Waals surface area contributed by atoms with Crippen molar-refractivity contribution in [2.45, 2.75) is 57.3 Å². The highest BCUT2D eigenvalue weighted by Gasteiger charge is 2.35. The summed E-state index contributed by atoms with van der Waals surface area (Å²) in [4.78, 5) is 11.6. The van der Waals surface area contributed by atoms with Crippen LogP contribution in [-0.2, 0) is 9.53 Å². The number of ether oxygens (including phenoxy) is 1. The SMILES string of the molecule is C[C@H]1CCCC=C[C@@H]2CC(O)CC2C(O)C=CC(=O)O1. The van der Waals surface area contributed by atoms with E-state index in [1.54, 1.807) is 0 Å². The zero-order chi connectivity index (χ0) is 14.5. The fraction of sp³-hybridized carbons (Fsp3) is 0.688. The van der Waals surface area contributed by atoms with Crippen LogP contribution in [0.1, 0.15) is 39.0 Å². The van der Waals surface area contributed by atoms with Gasteiger partial charge in [-0.25, -0.2) is 4.79 Å². The van der Waals surface area contributed by atoms with E-state index >= 15 is 0 Å². The molecule has 0 spiro atoms. The molecule has 20 heavy (non-hydrogen) atoms. The Morgan fingerprint density at radius 3 is 2.85 bits per heavy atom.